The molecule has 33 heavy (non-hydrogen) atoms. The van der Waals surface area contributed by atoms with Crippen LogP contribution in [0.25, 0.3) is 5.65 Å². The minimum absolute atomic E-state index is 0.0137. The third-order valence-electron chi connectivity index (χ3n) is 6.34. The molecule has 2 fully saturated rings. The zero-order chi connectivity index (χ0) is 23.6. The van der Waals surface area contributed by atoms with Crippen molar-refractivity contribution in [3.05, 3.63) is 30.2 Å². The number of fused-ring (bicyclic) bond motifs is 2. The molecule has 0 aromatic carbocycles. The number of pyridine rings is 1. The number of nitrogens with zero attached hydrogens (tertiary/aromatic N) is 5. The molecule has 2 aromatic heterocycles. The Morgan fingerprint density at radius 2 is 2.12 bits per heavy atom. The van der Waals surface area contributed by atoms with Crippen molar-refractivity contribution in [3.8, 4) is 11.8 Å². The van der Waals surface area contributed by atoms with Gasteiger partial charge in [0.15, 0.2) is 5.65 Å². The molecule has 8 nitrogen and oxygen atoms in total. The van der Waals surface area contributed by atoms with Gasteiger partial charge in [0.1, 0.15) is 11.9 Å². The van der Waals surface area contributed by atoms with Crippen LogP contribution in [0.3, 0.4) is 0 Å². The van der Waals surface area contributed by atoms with E-state index in [4.69, 9.17) is 4.74 Å². The van der Waals surface area contributed by atoms with Crippen molar-refractivity contribution in [2.75, 3.05) is 13.1 Å². The molecule has 176 valence electrons. The average Bonchev–Trinajstić information content (AvgIpc) is 3.36. The van der Waals surface area contributed by atoms with Gasteiger partial charge >= 0.3 is 6.09 Å². The molecule has 2 aliphatic heterocycles. The predicted molar refractivity (Wildman–Crippen MR) is 124 cm³/mol. The molecule has 2 amide bonds. The maximum Gasteiger partial charge on any atom is 0.410 e. The molecule has 0 aliphatic carbocycles. The molecular weight excluding hydrogens is 418 g/mol. The second-order valence-corrected chi connectivity index (χ2v) is 9.87. The van der Waals surface area contributed by atoms with E-state index in [1.807, 2.05) is 48.9 Å². The number of unbranched alkanes of at least 4 members (excludes halogenated alkanes) is 1. The van der Waals surface area contributed by atoms with Crippen LogP contribution < -0.4 is 0 Å². The standard InChI is InChI=1S/C25H33N5O3/c1-5-6-12-20-21-16-19(10-7-9-18-11-8-13-30-22(18)26-17-27-30)23(31)28(21)14-15-29(20)24(32)33-25(2,3)4/h8,11,13,17,19-21H,5-6,10,12,14-16H2,1-4H3/t19-,20?,21-/m0/s1. The summed E-state index contributed by atoms with van der Waals surface area (Å²) in [5.74, 6) is 6.38. The fourth-order valence-corrected chi connectivity index (χ4v) is 4.84. The van der Waals surface area contributed by atoms with Crippen LogP contribution in [0.5, 0.6) is 0 Å². The third-order valence-corrected chi connectivity index (χ3v) is 6.34. The molecule has 0 saturated carbocycles. The summed E-state index contributed by atoms with van der Waals surface area (Å²) in [5.41, 5.74) is 0.975. The van der Waals surface area contributed by atoms with Crippen molar-refractivity contribution in [3.63, 3.8) is 0 Å². The number of carbonyl (C=O) groups excluding carboxylic acids is 2. The summed E-state index contributed by atoms with van der Waals surface area (Å²) >= 11 is 0. The lowest BCUT2D eigenvalue weighted by Crippen LogP contribution is -2.60. The van der Waals surface area contributed by atoms with Crippen LogP contribution in [0, 0.1) is 17.8 Å². The van der Waals surface area contributed by atoms with Gasteiger partial charge in [0.05, 0.1) is 23.6 Å². The second kappa shape index (κ2) is 9.42. The lowest BCUT2D eigenvalue weighted by atomic mass is 9.92. The van der Waals surface area contributed by atoms with Crippen LogP contribution in [0.1, 0.15) is 65.4 Å². The monoisotopic (exact) mass is 451 g/mol. The van der Waals surface area contributed by atoms with Crippen LogP contribution in [0.2, 0.25) is 0 Å². The normalized spacial score (nSPS) is 22.8. The molecule has 4 rings (SSSR count). The molecule has 3 atom stereocenters. The van der Waals surface area contributed by atoms with E-state index in [1.54, 1.807) is 4.52 Å². The van der Waals surface area contributed by atoms with Gasteiger partial charge in [0.2, 0.25) is 5.91 Å². The lowest BCUT2D eigenvalue weighted by molar-refractivity contribution is -0.134. The Morgan fingerprint density at radius 1 is 1.30 bits per heavy atom. The molecule has 8 heteroatoms. The number of carbonyl (C=O) groups is 2. The minimum atomic E-state index is -0.541. The quantitative estimate of drug-likeness (QED) is 0.665. The Balaban J connectivity index is 1.48. The van der Waals surface area contributed by atoms with Gasteiger partial charge in [-0.3, -0.25) is 4.79 Å². The van der Waals surface area contributed by atoms with E-state index in [9.17, 15) is 9.59 Å². The fourth-order valence-electron chi connectivity index (χ4n) is 4.84. The number of rotatable bonds is 4. The lowest BCUT2D eigenvalue weighted by Gasteiger charge is -2.45. The zero-order valence-electron chi connectivity index (χ0n) is 20.0. The van der Waals surface area contributed by atoms with E-state index in [1.165, 1.54) is 6.33 Å². The Hall–Kier alpha value is -3.08. The highest BCUT2D eigenvalue weighted by atomic mass is 16.6. The molecule has 0 radical (unpaired) electrons. The number of amides is 2. The van der Waals surface area contributed by atoms with E-state index < -0.39 is 5.60 Å². The van der Waals surface area contributed by atoms with Gasteiger partial charge in [-0.1, -0.05) is 31.6 Å². The number of piperazine rings is 1. The Morgan fingerprint density at radius 3 is 2.88 bits per heavy atom. The Bertz CT molecular complexity index is 1080. The summed E-state index contributed by atoms with van der Waals surface area (Å²) in [4.78, 5) is 34.2. The van der Waals surface area contributed by atoms with Crippen LogP contribution in [-0.4, -0.2) is 67.2 Å². The molecule has 2 saturated heterocycles. The van der Waals surface area contributed by atoms with Crippen molar-refractivity contribution in [2.24, 2.45) is 5.92 Å². The highest BCUT2D eigenvalue weighted by molar-refractivity contribution is 5.82. The van der Waals surface area contributed by atoms with Crippen molar-refractivity contribution in [1.82, 2.24) is 24.4 Å². The summed E-state index contributed by atoms with van der Waals surface area (Å²) < 4.78 is 7.37. The smallest absolute Gasteiger partial charge is 0.410 e. The highest BCUT2D eigenvalue weighted by Crippen LogP contribution is 2.35. The fraction of sp³-hybridized carbons (Fsp3) is 0.600. The van der Waals surface area contributed by atoms with Gasteiger partial charge < -0.3 is 14.5 Å². The van der Waals surface area contributed by atoms with E-state index in [-0.39, 0.29) is 30.0 Å². The second-order valence-electron chi connectivity index (χ2n) is 9.87. The van der Waals surface area contributed by atoms with Crippen LogP contribution in [-0.2, 0) is 9.53 Å². The van der Waals surface area contributed by atoms with Crippen molar-refractivity contribution < 1.29 is 14.3 Å². The zero-order valence-corrected chi connectivity index (χ0v) is 20.0. The van der Waals surface area contributed by atoms with Crippen LogP contribution in [0.4, 0.5) is 4.79 Å². The van der Waals surface area contributed by atoms with Gasteiger partial charge in [-0.15, -0.1) is 0 Å². The maximum absolute atomic E-state index is 13.2. The van der Waals surface area contributed by atoms with E-state index in [0.717, 1.165) is 31.2 Å². The van der Waals surface area contributed by atoms with E-state index in [0.29, 0.717) is 25.2 Å². The topological polar surface area (TPSA) is 80.0 Å². The van der Waals surface area contributed by atoms with Crippen molar-refractivity contribution in [2.45, 2.75) is 77.5 Å². The Labute approximate surface area is 195 Å². The van der Waals surface area contributed by atoms with Gasteiger partial charge in [-0.25, -0.2) is 14.3 Å². The molecule has 0 N–H and O–H groups in total. The highest BCUT2D eigenvalue weighted by Gasteiger charge is 2.48. The van der Waals surface area contributed by atoms with Gasteiger partial charge in [0.25, 0.3) is 0 Å². The first-order valence-electron chi connectivity index (χ1n) is 11.9. The van der Waals surface area contributed by atoms with Crippen LogP contribution in [0.15, 0.2) is 24.7 Å². The van der Waals surface area contributed by atoms with Gasteiger partial charge in [-0.2, -0.15) is 5.10 Å². The first kappa shape index (κ1) is 23.1. The number of ether oxygens (including phenoxy) is 1. The van der Waals surface area contributed by atoms with Crippen molar-refractivity contribution in [1.29, 1.82) is 0 Å². The molecule has 1 unspecified atom stereocenters. The maximum atomic E-state index is 13.2. The first-order valence-corrected chi connectivity index (χ1v) is 11.9. The molecule has 2 aromatic rings. The summed E-state index contributed by atoms with van der Waals surface area (Å²) in [5, 5.41) is 4.14. The summed E-state index contributed by atoms with van der Waals surface area (Å²) in [6.45, 7) is 8.86. The van der Waals surface area contributed by atoms with Crippen LogP contribution >= 0.6 is 0 Å². The minimum Gasteiger partial charge on any atom is -0.444 e. The number of hydrogen-bond acceptors (Lipinski definition) is 5. The Kier molecular flexibility index (Phi) is 6.59. The predicted octanol–water partition coefficient (Wildman–Crippen LogP) is 3.50. The molecule has 0 bridgehead atoms. The van der Waals surface area contributed by atoms with E-state index in [2.05, 4.69) is 28.8 Å². The van der Waals surface area contributed by atoms with E-state index >= 15 is 0 Å². The first-order chi connectivity index (χ1) is 15.8. The molecule has 2 aliphatic rings. The molecule has 0 spiro atoms. The number of hydrogen-bond donors (Lipinski definition) is 0. The van der Waals surface area contributed by atoms with Gasteiger partial charge in [0, 0.05) is 25.7 Å². The van der Waals surface area contributed by atoms with Crippen molar-refractivity contribution >= 4 is 17.6 Å². The van der Waals surface area contributed by atoms with Gasteiger partial charge in [-0.05, 0) is 45.7 Å². The third kappa shape index (κ3) is 4.97. The summed E-state index contributed by atoms with van der Waals surface area (Å²) in [7, 11) is 0. The number of aromatic nitrogens is 3. The average molecular weight is 452 g/mol. The largest absolute Gasteiger partial charge is 0.444 e. The summed E-state index contributed by atoms with van der Waals surface area (Å²) in [6, 6.07) is 3.81. The summed E-state index contributed by atoms with van der Waals surface area (Å²) in [6.07, 6.45) is 7.20. The molecule has 4 heterocycles. The SMILES string of the molecule is CCCCC1[C@@H]2C[C@H](CC#Cc3cccn4ncnc34)C(=O)N2CCN1C(=O)OC(C)(C)C. The molecular formula is C25H33N5O3.